The van der Waals surface area contributed by atoms with Crippen LogP contribution in [-0.2, 0) is 9.53 Å². The maximum Gasteiger partial charge on any atom is 0.328 e. The third kappa shape index (κ3) is 3.58. The number of thiazole rings is 1. The molecular formula is C13H16N2O4S. The van der Waals surface area contributed by atoms with Crippen molar-refractivity contribution in [3.8, 4) is 5.88 Å². The lowest BCUT2D eigenvalue weighted by atomic mass is 10.4. The van der Waals surface area contributed by atoms with Crippen LogP contribution in [0.15, 0.2) is 17.7 Å². The van der Waals surface area contributed by atoms with Crippen LogP contribution in [0.3, 0.4) is 0 Å². The van der Waals surface area contributed by atoms with Crippen molar-refractivity contribution in [3.05, 3.63) is 23.3 Å². The number of rotatable bonds is 7. The molecule has 0 aromatic carbocycles. The van der Waals surface area contributed by atoms with E-state index in [9.17, 15) is 4.79 Å². The predicted octanol–water partition coefficient (Wildman–Crippen LogP) is 2.30. The number of aliphatic carboxylic acids is 1. The first kappa shape index (κ1) is 14.5. The number of carboxylic acid groups (broad SMARTS) is 1. The third-order valence-electron chi connectivity index (χ3n) is 2.42. The van der Waals surface area contributed by atoms with Crippen molar-refractivity contribution in [1.29, 1.82) is 0 Å². The summed E-state index contributed by atoms with van der Waals surface area (Å²) in [5.74, 6) is -0.592. The van der Waals surface area contributed by atoms with Crippen molar-refractivity contribution in [2.75, 3.05) is 13.2 Å². The molecular weight excluding hydrogens is 280 g/mol. The number of carbonyl (C=O) groups is 1. The van der Waals surface area contributed by atoms with Crippen LogP contribution < -0.4 is 4.74 Å². The zero-order valence-corrected chi connectivity index (χ0v) is 12.1. The molecule has 0 spiro atoms. The Morgan fingerprint density at radius 1 is 1.55 bits per heavy atom. The van der Waals surface area contributed by atoms with E-state index in [1.807, 2.05) is 25.4 Å². The zero-order chi connectivity index (χ0) is 14.5. The first-order valence-corrected chi connectivity index (χ1v) is 7.07. The zero-order valence-electron chi connectivity index (χ0n) is 11.3. The maximum absolute atomic E-state index is 10.6. The van der Waals surface area contributed by atoms with Gasteiger partial charge >= 0.3 is 5.97 Å². The lowest BCUT2D eigenvalue weighted by Crippen LogP contribution is -2.11. The number of hydrogen-bond acceptors (Lipinski definition) is 5. The van der Waals surface area contributed by atoms with Gasteiger partial charge in [-0.3, -0.25) is 4.40 Å². The van der Waals surface area contributed by atoms with Crippen LogP contribution in [0, 0.1) is 0 Å². The van der Waals surface area contributed by atoms with Crippen LogP contribution in [0.5, 0.6) is 5.88 Å². The molecule has 2 aromatic rings. The van der Waals surface area contributed by atoms with Gasteiger partial charge in [0.25, 0.3) is 0 Å². The molecule has 0 radical (unpaired) electrons. The number of imidazole rings is 1. The predicted molar refractivity (Wildman–Crippen MR) is 76.3 cm³/mol. The molecule has 0 bridgehead atoms. The molecule has 2 aromatic heterocycles. The summed E-state index contributed by atoms with van der Waals surface area (Å²) >= 11 is 1.46. The van der Waals surface area contributed by atoms with Gasteiger partial charge in [0.05, 0.1) is 12.7 Å². The summed E-state index contributed by atoms with van der Waals surface area (Å²) in [6.45, 7) is 4.74. The highest BCUT2D eigenvalue weighted by molar-refractivity contribution is 7.15. The molecule has 0 unspecified atom stereocenters. The molecule has 0 aliphatic carbocycles. The fraction of sp³-hybridized carbons (Fsp3) is 0.385. The summed E-state index contributed by atoms with van der Waals surface area (Å²) in [6.07, 6.45) is 4.52. The van der Waals surface area contributed by atoms with Gasteiger partial charge in [-0.05, 0) is 19.9 Å². The largest absolute Gasteiger partial charge is 0.478 e. The van der Waals surface area contributed by atoms with Crippen LogP contribution in [-0.4, -0.2) is 39.8 Å². The average Bonchev–Trinajstić information content (AvgIpc) is 2.92. The van der Waals surface area contributed by atoms with Crippen LogP contribution in [0.1, 0.15) is 19.5 Å². The average molecular weight is 296 g/mol. The summed E-state index contributed by atoms with van der Waals surface area (Å²) in [7, 11) is 0. The van der Waals surface area contributed by atoms with Crippen molar-refractivity contribution in [2.45, 2.75) is 20.0 Å². The Kier molecular flexibility index (Phi) is 4.75. The Labute approximate surface area is 120 Å². The highest BCUT2D eigenvalue weighted by Crippen LogP contribution is 2.24. The first-order valence-electron chi connectivity index (χ1n) is 6.19. The second kappa shape index (κ2) is 6.53. The van der Waals surface area contributed by atoms with Crippen molar-refractivity contribution >= 4 is 28.3 Å². The molecule has 0 saturated carbocycles. The van der Waals surface area contributed by atoms with Gasteiger partial charge in [-0.15, -0.1) is 11.3 Å². The summed E-state index contributed by atoms with van der Waals surface area (Å²) in [5, 5.41) is 10.6. The van der Waals surface area contributed by atoms with Crippen molar-refractivity contribution < 1.29 is 19.4 Å². The van der Waals surface area contributed by atoms with Gasteiger partial charge in [0, 0.05) is 17.7 Å². The Morgan fingerprint density at radius 3 is 3.05 bits per heavy atom. The van der Waals surface area contributed by atoms with Gasteiger partial charge in [0.2, 0.25) is 5.88 Å². The number of ether oxygens (including phenoxy) is 2. The Bertz CT molecular complexity index is 615. The fourth-order valence-corrected chi connectivity index (χ4v) is 2.33. The highest BCUT2D eigenvalue weighted by atomic mass is 32.1. The molecule has 1 N–H and O–H groups in total. The molecule has 20 heavy (non-hydrogen) atoms. The minimum Gasteiger partial charge on any atom is -0.478 e. The van der Waals surface area contributed by atoms with Crippen LogP contribution >= 0.6 is 11.3 Å². The number of nitrogens with zero attached hydrogens (tertiary/aromatic N) is 2. The minimum absolute atomic E-state index is 0.149. The normalized spacial score (nSPS) is 11.8. The standard InChI is InChI=1S/C13H16N2O4S/c1-9(2)18-6-7-19-12-10(3-4-11(16)17)15-5-8-20-13(15)14-12/h3-5,8-9H,6-7H2,1-2H3,(H,16,17)/b4-3+. The monoisotopic (exact) mass is 296 g/mol. The van der Waals surface area contributed by atoms with Crippen LogP contribution in [0.25, 0.3) is 11.0 Å². The second-order valence-corrected chi connectivity index (χ2v) is 5.17. The topological polar surface area (TPSA) is 73.1 Å². The van der Waals surface area contributed by atoms with E-state index in [4.69, 9.17) is 14.6 Å². The van der Waals surface area contributed by atoms with E-state index >= 15 is 0 Å². The van der Waals surface area contributed by atoms with E-state index in [-0.39, 0.29) is 6.10 Å². The summed E-state index contributed by atoms with van der Waals surface area (Å²) < 4.78 is 12.8. The second-order valence-electron chi connectivity index (χ2n) is 4.30. The molecule has 2 rings (SSSR count). The van der Waals surface area contributed by atoms with Gasteiger partial charge in [-0.25, -0.2) is 4.79 Å². The van der Waals surface area contributed by atoms with Gasteiger partial charge < -0.3 is 14.6 Å². The Morgan fingerprint density at radius 2 is 2.35 bits per heavy atom. The third-order valence-corrected chi connectivity index (χ3v) is 3.18. The van der Waals surface area contributed by atoms with Crippen molar-refractivity contribution in [2.24, 2.45) is 0 Å². The number of aromatic nitrogens is 2. The van der Waals surface area contributed by atoms with E-state index < -0.39 is 5.97 Å². The fourth-order valence-electron chi connectivity index (χ4n) is 1.61. The van der Waals surface area contributed by atoms with Gasteiger partial charge in [-0.2, -0.15) is 4.98 Å². The molecule has 108 valence electrons. The smallest absolute Gasteiger partial charge is 0.328 e. The van der Waals surface area contributed by atoms with Crippen LogP contribution in [0.2, 0.25) is 0 Å². The molecule has 0 fully saturated rings. The van der Waals surface area contributed by atoms with E-state index in [2.05, 4.69) is 4.98 Å². The highest BCUT2D eigenvalue weighted by Gasteiger charge is 2.12. The number of fused-ring (bicyclic) bond motifs is 1. The molecule has 2 heterocycles. The summed E-state index contributed by atoms with van der Waals surface area (Å²) in [5.41, 5.74) is 0.619. The van der Waals surface area contributed by atoms with Crippen LogP contribution in [0.4, 0.5) is 0 Å². The molecule has 0 atom stereocenters. The van der Waals surface area contributed by atoms with E-state index in [0.29, 0.717) is 24.8 Å². The Balaban J connectivity index is 2.12. The van der Waals surface area contributed by atoms with Gasteiger partial charge in [0.1, 0.15) is 12.3 Å². The molecule has 7 heteroatoms. The van der Waals surface area contributed by atoms with E-state index in [1.165, 1.54) is 17.4 Å². The molecule has 0 saturated heterocycles. The quantitative estimate of drug-likeness (QED) is 0.627. The molecule has 0 amide bonds. The van der Waals surface area contributed by atoms with Crippen molar-refractivity contribution in [1.82, 2.24) is 9.38 Å². The number of carboxylic acids is 1. The minimum atomic E-state index is -1.01. The molecule has 0 aliphatic heterocycles. The van der Waals surface area contributed by atoms with Gasteiger partial charge in [-0.1, -0.05) is 0 Å². The number of hydrogen-bond donors (Lipinski definition) is 1. The van der Waals surface area contributed by atoms with Gasteiger partial charge in [0.15, 0.2) is 4.96 Å². The lowest BCUT2D eigenvalue weighted by Gasteiger charge is -2.08. The first-order chi connectivity index (χ1) is 9.58. The van der Waals surface area contributed by atoms with Crippen molar-refractivity contribution in [3.63, 3.8) is 0 Å². The van der Waals surface area contributed by atoms with E-state index in [0.717, 1.165) is 11.0 Å². The molecule has 6 nitrogen and oxygen atoms in total. The molecule has 0 aliphatic rings. The Hall–Kier alpha value is -1.86. The summed E-state index contributed by atoms with van der Waals surface area (Å²) in [4.78, 5) is 15.7. The summed E-state index contributed by atoms with van der Waals surface area (Å²) in [6, 6.07) is 0. The van der Waals surface area contributed by atoms with E-state index in [1.54, 1.807) is 4.40 Å². The maximum atomic E-state index is 10.6. The lowest BCUT2D eigenvalue weighted by molar-refractivity contribution is -0.131. The SMILES string of the molecule is CC(C)OCCOc1nc2sccn2c1/C=C/C(=O)O.